The number of anilines is 1. The molecule has 0 unspecified atom stereocenters. The summed E-state index contributed by atoms with van der Waals surface area (Å²) < 4.78 is 4.26. The quantitative estimate of drug-likeness (QED) is 0.545. The zero-order valence-corrected chi connectivity index (χ0v) is 4.74. The first-order valence-corrected chi connectivity index (χ1v) is 2.52. The predicted octanol–water partition coefficient (Wildman–Crippen LogP) is -0.813. The number of nitrogens with zero attached hydrogens (tertiary/aromatic N) is 2. The molecule has 0 saturated heterocycles. The summed E-state index contributed by atoms with van der Waals surface area (Å²) in [6, 6.07) is 0. The van der Waals surface area contributed by atoms with Gasteiger partial charge in [0.05, 0.1) is 0 Å². The summed E-state index contributed by atoms with van der Waals surface area (Å²) in [4.78, 5) is 0. The third-order valence-electron chi connectivity index (χ3n) is 0.934. The van der Waals surface area contributed by atoms with Crippen molar-refractivity contribution in [1.29, 1.82) is 0 Å². The fraction of sp³-hybridized carbons (Fsp3) is 0.500. The molecule has 50 valence electrons. The Balaban J connectivity index is 2.69. The second-order valence-electron chi connectivity index (χ2n) is 1.57. The SMILES string of the molecule is Nc1nonc1CCO. The average Bonchev–Trinajstić information content (AvgIpc) is 2.18. The van der Waals surface area contributed by atoms with Crippen LogP contribution in [0.25, 0.3) is 0 Å². The highest BCUT2D eigenvalue weighted by molar-refractivity contribution is 5.30. The molecule has 0 aromatic carbocycles. The van der Waals surface area contributed by atoms with E-state index in [-0.39, 0.29) is 12.4 Å². The molecular formula is C4H7N3O2. The van der Waals surface area contributed by atoms with Crippen molar-refractivity contribution < 1.29 is 9.74 Å². The van der Waals surface area contributed by atoms with Gasteiger partial charge in [-0.2, -0.15) is 0 Å². The van der Waals surface area contributed by atoms with E-state index in [1.165, 1.54) is 0 Å². The summed E-state index contributed by atoms with van der Waals surface area (Å²) in [5.74, 6) is 0.254. The molecule has 1 heterocycles. The van der Waals surface area contributed by atoms with Crippen LogP contribution in [0.2, 0.25) is 0 Å². The highest BCUT2D eigenvalue weighted by Crippen LogP contribution is 2.02. The van der Waals surface area contributed by atoms with Crippen LogP contribution in [0.4, 0.5) is 5.82 Å². The fourth-order valence-electron chi connectivity index (χ4n) is 0.493. The molecule has 0 aliphatic rings. The first kappa shape index (κ1) is 6.03. The van der Waals surface area contributed by atoms with Gasteiger partial charge in [0, 0.05) is 13.0 Å². The summed E-state index contributed by atoms with van der Waals surface area (Å²) >= 11 is 0. The molecule has 1 rings (SSSR count). The summed E-state index contributed by atoms with van der Waals surface area (Å²) in [5, 5.41) is 15.1. The zero-order chi connectivity index (χ0) is 6.69. The van der Waals surface area contributed by atoms with Crippen LogP contribution in [-0.2, 0) is 6.42 Å². The Kier molecular flexibility index (Phi) is 1.64. The standard InChI is InChI=1S/C4H7N3O2/c5-4-3(1-2-8)6-9-7-4/h8H,1-2H2,(H2,5,7). The van der Waals surface area contributed by atoms with E-state index in [1.54, 1.807) is 0 Å². The van der Waals surface area contributed by atoms with Gasteiger partial charge in [-0.25, -0.2) is 4.63 Å². The Labute approximate surface area is 51.4 Å². The van der Waals surface area contributed by atoms with Crippen molar-refractivity contribution in [1.82, 2.24) is 10.3 Å². The number of rotatable bonds is 2. The molecule has 1 aromatic heterocycles. The first-order valence-electron chi connectivity index (χ1n) is 2.52. The fourth-order valence-corrected chi connectivity index (χ4v) is 0.493. The molecule has 0 aliphatic carbocycles. The maximum Gasteiger partial charge on any atom is 0.191 e. The summed E-state index contributed by atoms with van der Waals surface area (Å²) in [5.41, 5.74) is 5.76. The second-order valence-corrected chi connectivity index (χ2v) is 1.57. The van der Waals surface area contributed by atoms with Crippen LogP contribution < -0.4 is 5.73 Å². The van der Waals surface area contributed by atoms with Crippen molar-refractivity contribution in [3.63, 3.8) is 0 Å². The Bertz CT molecular complexity index is 186. The van der Waals surface area contributed by atoms with E-state index >= 15 is 0 Å². The maximum atomic E-state index is 8.40. The molecule has 1 aromatic rings. The largest absolute Gasteiger partial charge is 0.396 e. The molecule has 5 heteroatoms. The van der Waals surface area contributed by atoms with Crippen LogP contribution in [0.1, 0.15) is 5.69 Å². The summed E-state index contributed by atoms with van der Waals surface area (Å²) in [6.07, 6.45) is 0.398. The van der Waals surface area contributed by atoms with Crippen molar-refractivity contribution >= 4 is 5.82 Å². The highest BCUT2D eigenvalue weighted by atomic mass is 16.6. The number of aliphatic hydroxyl groups excluding tert-OH is 1. The lowest BCUT2D eigenvalue weighted by Gasteiger charge is -1.86. The van der Waals surface area contributed by atoms with Crippen LogP contribution in [0.3, 0.4) is 0 Å². The van der Waals surface area contributed by atoms with E-state index in [0.29, 0.717) is 12.1 Å². The van der Waals surface area contributed by atoms with Gasteiger partial charge in [-0.05, 0) is 5.16 Å². The zero-order valence-electron chi connectivity index (χ0n) is 4.74. The van der Waals surface area contributed by atoms with E-state index in [4.69, 9.17) is 10.8 Å². The molecule has 0 saturated carbocycles. The predicted molar refractivity (Wildman–Crippen MR) is 29.5 cm³/mol. The topological polar surface area (TPSA) is 85.2 Å². The molecule has 0 atom stereocenters. The molecule has 0 amide bonds. The third-order valence-corrected chi connectivity index (χ3v) is 0.934. The molecule has 5 nitrogen and oxygen atoms in total. The van der Waals surface area contributed by atoms with Crippen molar-refractivity contribution in [3.05, 3.63) is 5.69 Å². The molecule has 0 aliphatic heterocycles. The van der Waals surface area contributed by atoms with Gasteiger partial charge in [0.2, 0.25) is 0 Å². The van der Waals surface area contributed by atoms with E-state index in [0.717, 1.165) is 0 Å². The van der Waals surface area contributed by atoms with Gasteiger partial charge >= 0.3 is 0 Å². The normalized spacial score (nSPS) is 9.89. The Hall–Kier alpha value is -1.10. The number of hydrogen-bond acceptors (Lipinski definition) is 5. The van der Waals surface area contributed by atoms with Crippen molar-refractivity contribution in [2.75, 3.05) is 12.3 Å². The lowest BCUT2D eigenvalue weighted by Crippen LogP contribution is -1.95. The van der Waals surface area contributed by atoms with Crippen LogP contribution in [0.15, 0.2) is 4.63 Å². The molecule has 0 bridgehead atoms. The van der Waals surface area contributed by atoms with E-state index < -0.39 is 0 Å². The second kappa shape index (κ2) is 2.45. The highest BCUT2D eigenvalue weighted by Gasteiger charge is 2.02. The molecule has 9 heavy (non-hydrogen) atoms. The Morgan fingerprint density at radius 2 is 2.33 bits per heavy atom. The smallest absolute Gasteiger partial charge is 0.191 e. The number of aliphatic hydroxyl groups is 1. The number of nitrogens with two attached hydrogens (primary N) is 1. The summed E-state index contributed by atoms with van der Waals surface area (Å²) in [7, 11) is 0. The minimum atomic E-state index is 0.0123. The van der Waals surface area contributed by atoms with Gasteiger partial charge in [-0.3, -0.25) is 0 Å². The van der Waals surface area contributed by atoms with Gasteiger partial charge in [0.1, 0.15) is 5.69 Å². The molecular weight excluding hydrogens is 122 g/mol. The Morgan fingerprint density at radius 3 is 2.78 bits per heavy atom. The molecule has 0 radical (unpaired) electrons. The number of aromatic nitrogens is 2. The Morgan fingerprint density at radius 1 is 1.56 bits per heavy atom. The monoisotopic (exact) mass is 129 g/mol. The average molecular weight is 129 g/mol. The first-order chi connectivity index (χ1) is 4.34. The van der Waals surface area contributed by atoms with Crippen LogP contribution in [-0.4, -0.2) is 22.0 Å². The van der Waals surface area contributed by atoms with Crippen LogP contribution in [0.5, 0.6) is 0 Å². The third kappa shape index (κ3) is 1.17. The van der Waals surface area contributed by atoms with Crippen molar-refractivity contribution in [3.8, 4) is 0 Å². The van der Waals surface area contributed by atoms with Crippen molar-refractivity contribution in [2.24, 2.45) is 0 Å². The van der Waals surface area contributed by atoms with E-state index in [2.05, 4.69) is 14.9 Å². The maximum absolute atomic E-state index is 8.40. The summed E-state index contributed by atoms with van der Waals surface area (Å²) in [6.45, 7) is 0.0123. The van der Waals surface area contributed by atoms with E-state index in [9.17, 15) is 0 Å². The minimum Gasteiger partial charge on any atom is -0.396 e. The van der Waals surface area contributed by atoms with Crippen LogP contribution in [0, 0.1) is 0 Å². The molecule has 0 spiro atoms. The lowest BCUT2D eigenvalue weighted by molar-refractivity contribution is 0.282. The van der Waals surface area contributed by atoms with Gasteiger partial charge in [-0.15, -0.1) is 0 Å². The van der Waals surface area contributed by atoms with Gasteiger partial charge in [-0.1, -0.05) is 5.16 Å². The van der Waals surface area contributed by atoms with Crippen LogP contribution >= 0.6 is 0 Å². The number of nitrogen functional groups attached to an aromatic ring is 1. The van der Waals surface area contributed by atoms with Gasteiger partial charge in [0.15, 0.2) is 5.82 Å². The van der Waals surface area contributed by atoms with Gasteiger partial charge in [0.25, 0.3) is 0 Å². The minimum absolute atomic E-state index is 0.0123. The van der Waals surface area contributed by atoms with E-state index in [1.807, 2.05) is 0 Å². The molecule has 0 fully saturated rings. The van der Waals surface area contributed by atoms with Crippen molar-refractivity contribution in [2.45, 2.75) is 6.42 Å². The molecule has 3 N–H and O–H groups in total. The lowest BCUT2D eigenvalue weighted by atomic mass is 10.3. The number of hydrogen-bond donors (Lipinski definition) is 2. The van der Waals surface area contributed by atoms with Gasteiger partial charge < -0.3 is 10.8 Å².